The lowest BCUT2D eigenvalue weighted by atomic mass is 9.88. The molecule has 1 unspecified atom stereocenters. The third-order valence-electron chi connectivity index (χ3n) is 4.19. The molecular formula is C15H24N4O3. The average Bonchev–Trinajstić information content (AvgIpc) is 2.97. The van der Waals surface area contributed by atoms with Gasteiger partial charge in [0.15, 0.2) is 0 Å². The number of H-pyrrole nitrogens is 1. The Labute approximate surface area is 129 Å². The van der Waals surface area contributed by atoms with Gasteiger partial charge in [0.05, 0.1) is 30.5 Å². The monoisotopic (exact) mass is 308 g/mol. The van der Waals surface area contributed by atoms with Crippen molar-refractivity contribution in [2.24, 2.45) is 5.73 Å². The summed E-state index contributed by atoms with van der Waals surface area (Å²) in [7, 11) is 0. The molecule has 0 aromatic carbocycles. The number of nitrogens with zero attached hydrogens (tertiary/aromatic N) is 2. The van der Waals surface area contributed by atoms with Crippen LogP contribution in [0, 0.1) is 0 Å². The lowest BCUT2D eigenvalue weighted by Crippen LogP contribution is -2.42. The van der Waals surface area contributed by atoms with Crippen molar-refractivity contribution in [2.45, 2.75) is 64.1 Å². The molecule has 0 radical (unpaired) electrons. The molecule has 0 bridgehead atoms. The van der Waals surface area contributed by atoms with Crippen molar-refractivity contribution >= 4 is 11.8 Å². The van der Waals surface area contributed by atoms with Crippen LogP contribution in [0.2, 0.25) is 0 Å². The molecule has 1 aliphatic rings. The van der Waals surface area contributed by atoms with Crippen molar-refractivity contribution in [1.29, 1.82) is 0 Å². The van der Waals surface area contributed by atoms with E-state index in [9.17, 15) is 14.7 Å². The van der Waals surface area contributed by atoms with Gasteiger partial charge in [-0.15, -0.1) is 0 Å². The third-order valence-corrected chi connectivity index (χ3v) is 4.19. The molecule has 7 heteroatoms. The smallest absolute Gasteiger partial charge is 0.245 e. The Balaban J connectivity index is 2.15. The molecule has 122 valence electrons. The van der Waals surface area contributed by atoms with Gasteiger partial charge in [0.25, 0.3) is 0 Å². The van der Waals surface area contributed by atoms with E-state index in [0.29, 0.717) is 18.4 Å². The van der Waals surface area contributed by atoms with Gasteiger partial charge in [0.1, 0.15) is 6.04 Å². The highest BCUT2D eigenvalue weighted by molar-refractivity contribution is 5.89. The van der Waals surface area contributed by atoms with E-state index in [2.05, 4.69) is 10.2 Å². The summed E-state index contributed by atoms with van der Waals surface area (Å²) in [6, 6.07) is -0.797. The molecule has 0 saturated heterocycles. The molecule has 4 N–H and O–H groups in total. The minimum Gasteiger partial charge on any atom is -0.389 e. The maximum Gasteiger partial charge on any atom is 0.245 e. The van der Waals surface area contributed by atoms with E-state index in [1.165, 1.54) is 11.1 Å². The van der Waals surface area contributed by atoms with E-state index >= 15 is 0 Å². The quantitative estimate of drug-likeness (QED) is 0.697. The zero-order valence-corrected chi connectivity index (χ0v) is 13.1. The van der Waals surface area contributed by atoms with Crippen molar-refractivity contribution in [1.82, 2.24) is 15.1 Å². The lowest BCUT2D eigenvalue weighted by molar-refractivity contribution is -0.144. The molecule has 1 aliphatic heterocycles. The Kier molecular flexibility index (Phi) is 4.85. The number of amides is 2. The standard InChI is InChI=1S/C15H24N4O3/c1-3-5-15(22,6-4-2)7-12(20)19-9-11-10(8-17-18-11)13(19)14(16)21/h8,13,22H,3-7,9H2,1-2H3,(H2,16,21)(H,17,18). The zero-order chi connectivity index (χ0) is 16.3. The van der Waals surface area contributed by atoms with Crippen molar-refractivity contribution in [3.8, 4) is 0 Å². The second-order valence-corrected chi connectivity index (χ2v) is 6.03. The number of rotatable bonds is 7. The van der Waals surface area contributed by atoms with Gasteiger partial charge in [-0.05, 0) is 12.8 Å². The van der Waals surface area contributed by atoms with E-state index in [-0.39, 0.29) is 18.9 Å². The number of nitrogens with two attached hydrogens (primary N) is 1. The average molecular weight is 308 g/mol. The van der Waals surface area contributed by atoms with Gasteiger partial charge in [-0.25, -0.2) is 0 Å². The molecule has 2 amide bonds. The van der Waals surface area contributed by atoms with Crippen LogP contribution < -0.4 is 5.73 Å². The second kappa shape index (κ2) is 6.48. The van der Waals surface area contributed by atoms with Crippen LogP contribution in [-0.2, 0) is 16.1 Å². The summed E-state index contributed by atoms with van der Waals surface area (Å²) in [5.41, 5.74) is 5.80. The van der Waals surface area contributed by atoms with E-state index < -0.39 is 17.6 Å². The highest BCUT2D eigenvalue weighted by Gasteiger charge is 2.41. The summed E-state index contributed by atoms with van der Waals surface area (Å²) in [5, 5.41) is 17.3. The highest BCUT2D eigenvalue weighted by atomic mass is 16.3. The predicted molar refractivity (Wildman–Crippen MR) is 80.5 cm³/mol. The molecule has 0 saturated carbocycles. The number of hydrogen-bond donors (Lipinski definition) is 3. The Hall–Kier alpha value is -1.89. The predicted octanol–water partition coefficient (Wildman–Crippen LogP) is 1.000. The minimum absolute atomic E-state index is 0.0101. The van der Waals surface area contributed by atoms with Gasteiger partial charge in [0.2, 0.25) is 11.8 Å². The van der Waals surface area contributed by atoms with Crippen LogP contribution in [0.4, 0.5) is 0 Å². The molecule has 2 rings (SSSR count). The molecule has 22 heavy (non-hydrogen) atoms. The largest absolute Gasteiger partial charge is 0.389 e. The van der Waals surface area contributed by atoms with Crippen LogP contribution in [0.3, 0.4) is 0 Å². The number of aromatic amines is 1. The fourth-order valence-corrected chi connectivity index (χ4v) is 3.27. The topological polar surface area (TPSA) is 112 Å². The van der Waals surface area contributed by atoms with Gasteiger partial charge in [-0.2, -0.15) is 5.10 Å². The van der Waals surface area contributed by atoms with Crippen molar-refractivity contribution in [3.05, 3.63) is 17.5 Å². The number of aromatic nitrogens is 2. The van der Waals surface area contributed by atoms with Crippen LogP contribution in [0.25, 0.3) is 0 Å². The van der Waals surface area contributed by atoms with E-state index in [4.69, 9.17) is 5.73 Å². The van der Waals surface area contributed by atoms with Gasteiger partial charge >= 0.3 is 0 Å². The third kappa shape index (κ3) is 3.14. The summed E-state index contributed by atoms with van der Waals surface area (Å²) < 4.78 is 0. The Morgan fingerprint density at radius 2 is 2.09 bits per heavy atom. The SMILES string of the molecule is CCCC(O)(CCC)CC(=O)N1Cc2[nH]ncc2C1C(N)=O. The number of hydrogen-bond acceptors (Lipinski definition) is 4. The Morgan fingerprint density at radius 1 is 1.45 bits per heavy atom. The summed E-state index contributed by atoms with van der Waals surface area (Å²) in [4.78, 5) is 25.8. The molecule has 0 fully saturated rings. The van der Waals surface area contributed by atoms with Crippen LogP contribution in [0.15, 0.2) is 6.20 Å². The lowest BCUT2D eigenvalue weighted by Gasteiger charge is -2.30. The first-order chi connectivity index (χ1) is 10.4. The molecule has 1 aromatic heterocycles. The van der Waals surface area contributed by atoms with Crippen LogP contribution in [0.5, 0.6) is 0 Å². The van der Waals surface area contributed by atoms with Crippen molar-refractivity contribution in [2.75, 3.05) is 0 Å². The summed E-state index contributed by atoms with van der Waals surface area (Å²) >= 11 is 0. The summed E-state index contributed by atoms with van der Waals surface area (Å²) in [6.07, 6.45) is 4.26. The van der Waals surface area contributed by atoms with E-state index in [1.54, 1.807) is 0 Å². The molecule has 0 aliphatic carbocycles. The van der Waals surface area contributed by atoms with Crippen molar-refractivity contribution in [3.63, 3.8) is 0 Å². The molecular weight excluding hydrogens is 284 g/mol. The first kappa shape index (κ1) is 16.5. The normalized spacial score (nSPS) is 17.6. The number of carbonyl (C=O) groups excluding carboxylic acids is 2. The molecule has 1 aromatic rings. The Morgan fingerprint density at radius 3 is 2.64 bits per heavy atom. The summed E-state index contributed by atoms with van der Waals surface area (Å²) in [6.45, 7) is 4.23. The second-order valence-electron chi connectivity index (χ2n) is 6.03. The number of aliphatic hydroxyl groups is 1. The number of fused-ring (bicyclic) bond motifs is 1. The number of carbonyl (C=O) groups is 2. The zero-order valence-electron chi connectivity index (χ0n) is 13.1. The van der Waals surface area contributed by atoms with Crippen molar-refractivity contribution < 1.29 is 14.7 Å². The molecule has 1 atom stereocenters. The maximum absolute atomic E-state index is 12.6. The van der Waals surface area contributed by atoms with Crippen LogP contribution in [0.1, 0.15) is 63.3 Å². The first-order valence-corrected chi connectivity index (χ1v) is 7.75. The van der Waals surface area contributed by atoms with E-state index in [0.717, 1.165) is 18.5 Å². The van der Waals surface area contributed by atoms with Gasteiger partial charge in [-0.3, -0.25) is 14.7 Å². The van der Waals surface area contributed by atoms with Gasteiger partial charge in [0, 0.05) is 5.56 Å². The summed E-state index contributed by atoms with van der Waals surface area (Å²) in [5.74, 6) is -0.833. The van der Waals surface area contributed by atoms with Gasteiger partial charge in [-0.1, -0.05) is 26.7 Å². The fourth-order valence-electron chi connectivity index (χ4n) is 3.27. The molecule has 0 spiro atoms. The molecule has 2 heterocycles. The highest BCUT2D eigenvalue weighted by Crippen LogP contribution is 2.34. The number of primary amides is 1. The van der Waals surface area contributed by atoms with Crippen LogP contribution >= 0.6 is 0 Å². The minimum atomic E-state index is -1.02. The molecule has 7 nitrogen and oxygen atoms in total. The number of nitrogens with one attached hydrogen (secondary N) is 1. The Bertz CT molecular complexity index is 549. The first-order valence-electron chi connectivity index (χ1n) is 7.75. The fraction of sp³-hybridized carbons (Fsp3) is 0.667. The van der Waals surface area contributed by atoms with Crippen LogP contribution in [-0.4, -0.2) is 37.6 Å². The van der Waals surface area contributed by atoms with Gasteiger partial charge < -0.3 is 15.7 Å². The maximum atomic E-state index is 12.6. The van der Waals surface area contributed by atoms with E-state index in [1.807, 2.05) is 13.8 Å².